The molecule has 0 fully saturated rings. The minimum Gasteiger partial charge on any atom is -0.369 e. The van der Waals surface area contributed by atoms with Gasteiger partial charge in [0, 0.05) is 5.69 Å². The summed E-state index contributed by atoms with van der Waals surface area (Å²) in [5.41, 5.74) is 15.7. The Morgan fingerprint density at radius 1 is 1.00 bits per heavy atom. The van der Waals surface area contributed by atoms with Gasteiger partial charge in [0.05, 0.1) is 16.6 Å². The molecule has 0 radical (unpaired) electrons. The van der Waals surface area contributed by atoms with E-state index in [1.807, 2.05) is 38.1 Å². The maximum absolute atomic E-state index is 5.96. The Labute approximate surface area is 151 Å². The van der Waals surface area contributed by atoms with E-state index >= 15 is 0 Å². The molecule has 0 aliphatic carbocycles. The van der Waals surface area contributed by atoms with Crippen LogP contribution < -0.4 is 16.8 Å². The van der Waals surface area contributed by atoms with E-state index in [0.717, 1.165) is 16.8 Å². The average Bonchev–Trinajstić information content (AvgIpc) is 2.52. The lowest BCUT2D eigenvalue weighted by molar-refractivity contribution is 1.05. The fourth-order valence-electron chi connectivity index (χ4n) is 1.96. The van der Waals surface area contributed by atoms with E-state index in [9.17, 15) is 0 Å². The predicted molar refractivity (Wildman–Crippen MR) is 103 cm³/mol. The summed E-state index contributed by atoms with van der Waals surface area (Å²) in [6.07, 6.45) is 0. The number of hydrogen-bond donors (Lipinski definition) is 3. The molecule has 0 atom stereocenters. The monoisotopic (exact) mass is 363 g/mol. The molecule has 0 heterocycles. The Balaban J connectivity index is 2.02. The molecule has 0 bridgehead atoms. The SMILES string of the molecule is Cc1ccc(N/C(N)=N/C(N)=NCc2ccc(Cl)c(Cl)c2)cc1C. The van der Waals surface area contributed by atoms with E-state index in [1.165, 1.54) is 5.56 Å². The van der Waals surface area contributed by atoms with E-state index in [4.69, 9.17) is 34.7 Å². The Morgan fingerprint density at radius 3 is 2.42 bits per heavy atom. The summed E-state index contributed by atoms with van der Waals surface area (Å²) in [4.78, 5) is 8.20. The largest absolute Gasteiger partial charge is 0.369 e. The van der Waals surface area contributed by atoms with Gasteiger partial charge in [-0.3, -0.25) is 0 Å². The van der Waals surface area contributed by atoms with Gasteiger partial charge in [-0.05, 0) is 54.8 Å². The fraction of sp³-hybridized carbons (Fsp3) is 0.176. The molecule has 24 heavy (non-hydrogen) atoms. The van der Waals surface area contributed by atoms with E-state index in [1.54, 1.807) is 12.1 Å². The highest BCUT2D eigenvalue weighted by Crippen LogP contribution is 2.22. The van der Waals surface area contributed by atoms with Crippen molar-refractivity contribution in [2.45, 2.75) is 20.4 Å². The molecule has 2 aromatic rings. The number of anilines is 1. The predicted octanol–water partition coefficient (Wildman–Crippen LogP) is 3.85. The second-order valence-corrected chi connectivity index (χ2v) is 6.16. The molecule has 7 heteroatoms. The van der Waals surface area contributed by atoms with Crippen LogP contribution in [-0.4, -0.2) is 11.9 Å². The zero-order valence-corrected chi connectivity index (χ0v) is 15.0. The molecule has 0 aromatic heterocycles. The van der Waals surface area contributed by atoms with Crippen molar-refractivity contribution in [3.8, 4) is 0 Å². The van der Waals surface area contributed by atoms with Crippen molar-refractivity contribution in [3.05, 3.63) is 63.1 Å². The summed E-state index contributed by atoms with van der Waals surface area (Å²) in [6, 6.07) is 11.2. The van der Waals surface area contributed by atoms with Crippen LogP contribution in [0.1, 0.15) is 16.7 Å². The normalized spacial score (nSPS) is 12.3. The lowest BCUT2D eigenvalue weighted by Gasteiger charge is -2.07. The molecule has 0 saturated heterocycles. The van der Waals surface area contributed by atoms with Crippen LogP contribution in [-0.2, 0) is 6.54 Å². The minimum absolute atomic E-state index is 0.0786. The van der Waals surface area contributed by atoms with Crippen molar-refractivity contribution in [3.63, 3.8) is 0 Å². The number of aryl methyl sites for hydroxylation is 2. The molecule has 126 valence electrons. The van der Waals surface area contributed by atoms with Gasteiger partial charge in [0.25, 0.3) is 0 Å². The van der Waals surface area contributed by atoms with Crippen LogP contribution >= 0.6 is 23.2 Å². The van der Waals surface area contributed by atoms with Gasteiger partial charge in [-0.15, -0.1) is 0 Å². The van der Waals surface area contributed by atoms with E-state index in [0.29, 0.717) is 16.6 Å². The van der Waals surface area contributed by atoms with Crippen LogP contribution in [0.5, 0.6) is 0 Å². The zero-order valence-electron chi connectivity index (χ0n) is 13.5. The lowest BCUT2D eigenvalue weighted by atomic mass is 10.1. The van der Waals surface area contributed by atoms with Gasteiger partial charge >= 0.3 is 0 Å². The van der Waals surface area contributed by atoms with Crippen molar-refractivity contribution < 1.29 is 0 Å². The average molecular weight is 364 g/mol. The number of halogens is 2. The lowest BCUT2D eigenvalue weighted by Crippen LogP contribution is -2.26. The van der Waals surface area contributed by atoms with Gasteiger partial charge in [-0.25, -0.2) is 4.99 Å². The van der Waals surface area contributed by atoms with Crippen molar-refractivity contribution in [2.24, 2.45) is 21.5 Å². The Hall–Kier alpha value is -2.24. The highest BCUT2D eigenvalue weighted by molar-refractivity contribution is 6.42. The molecule has 0 spiro atoms. The molecular formula is C17H19Cl2N5. The summed E-state index contributed by atoms with van der Waals surface area (Å²) < 4.78 is 0. The quantitative estimate of drug-likeness (QED) is 0.571. The first-order valence-corrected chi connectivity index (χ1v) is 8.03. The smallest absolute Gasteiger partial charge is 0.218 e. The Bertz CT molecular complexity index is 800. The van der Waals surface area contributed by atoms with Crippen molar-refractivity contribution in [1.82, 2.24) is 0 Å². The van der Waals surface area contributed by atoms with Crippen molar-refractivity contribution in [2.75, 3.05) is 5.32 Å². The topological polar surface area (TPSA) is 88.8 Å². The third kappa shape index (κ3) is 5.15. The summed E-state index contributed by atoms with van der Waals surface area (Å²) in [7, 11) is 0. The highest BCUT2D eigenvalue weighted by Gasteiger charge is 2.01. The number of nitrogens with two attached hydrogens (primary N) is 2. The number of aliphatic imine (C=N–C) groups is 2. The summed E-state index contributed by atoms with van der Waals surface area (Å²) in [6.45, 7) is 4.41. The first-order chi connectivity index (χ1) is 11.3. The van der Waals surface area contributed by atoms with Crippen LogP contribution in [0.2, 0.25) is 10.0 Å². The van der Waals surface area contributed by atoms with Crippen molar-refractivity contribution >= 4 is 40.8 Å². The van der Waals surface area contributed by atoms with Crippen LogP contribution in [0.25, 0.3) is 0 Å². The third-order valence-corrected chi connectivity index (χ3v) is 4.16. The first-order valence-electron chi connectivity index (χ1n) is 7.27. The maximum atomic E-state index is 5.96. The van der Waals surface area contributed by atoms with E-state index in [2.05, 4.69) is 15.3 Å². The molecule has 0 aliphatic rings. The van der Waals surface area contributed by atoms with E-state index < -0.39 is 0 Å². The molecule has 0 saturated carbocycles. The van der Waals surface area contributed by atoms with Gasteiger partial charge in [0.2, 0.25) is 11.9 Å². The third-order valence-electron chi connectivity index (χ3n) is 3.42. The number of hydrogen-bond acceptors (Lipinski definition) is 1. The van der Waals surface area contributed by atoms with Gasteiger partial charge in [0.1, 0.15) is 0 Å². The highest BCUT2D eigenvalue weighted by atomic mass is 35.5. The number of nitrogens with zero attached hydrogens (tertiary/aromatic N) is 2. The van der Waals surface area contributed by atoms with Gasteiger partial charge in [-0.1, -0.05) is 35.3 Å². The van der Waals surface area contributed by atoms with Gasteiger partial charge < -0.3 is 16.8 Å². The number of benzene rings is 2. The van der Waals surface area contributed by atoms with Gasteiger partial charge in [0.15, 0.2) is 0 Å². The van der Waals surface area contributed by atoms with Crippen LogP contribution in [0.4, 0.5) is 5.69 Å². The second kappa shape index (κ2) is 8.04. The van der Waals surface area contributed by atoms with Gasteiger partial charge in [-0.2, -0.15) is 4.99 Å². The van der Waals surface area contributed by atoms with Crippen LogP contribution in [0.3, 0.4) is 0 Å². The molecule has 0 unspecified atom stereocenters. The van der Waals surface area contributed by atoms with Crippen molar-refractivity contribution in [1.29, 1.82) is 0 Å². The summed E-state index contributed by atoms with van der Waals surface area (Å²) in [5, 5.41) is 3.96. The molecular weight excluding hydrogens is 345 g/mol. The molecule has 0 aliphatic heterocycles. The Morgan fingerprint density at radius 2 is 1.75 bits per heavy atom. The summed E-state index contributed by atoms with van der Waals surface area (Å²) in [5.74, 6) is 0.253. The zero-order chi connectivity index (χ0) is 17.7. The fourth-order valence-corrected chi connectivity index (χ4v) is 2.28. The number of nitrogens with one attached hydrogen (secondary N) is 1. The maximum Gasteiger partial charge on any atom is 0.218 e. The minimum atomic E-state index is 0.0786. The first kappa shape index (κ1) is 18.1. The molecule has 2 rings (SSSR count). The molecule has 5 nitrogen and oxygen atoms in total. The molecule has 0 amide bonds. The summed E-state index contributed by atoms with van der Waals surface area (Å²) >= 11 is 11.8. The number of guanidine groups is 2. The second-order valence-electron chi connectivity index (χ2n) is 5.34. The van der Waals surface area contributed by atoms with Crippen LogP contribution in [0, 0.1) is 13.8 Å². The van der Waals surface area contributed by atoms with E-state index in [-0.39, 0.29) is 11.9 Å². The molecule has 2 aromatic carbocycles. The number of rotatable bonds is 3. The molecule has 5 N–H and O–H groups in total. The standard InChI is InChI=1S/C17H19Cl2N5/c1-10-3-5-13(7-11(10)2)23-17(21)24-16(20)22-9-12-4-6-14(18)15(19)8-12/h3-8H,9H2,1-2H3,(H5,20,21,22,23,24). The Kier molecular flexibility index (Phi) is 6.06. The van der Waals surface area contributed by atoms with Crippen LogP contribution in [0.15, 0.2) is 46.4 Å².